The minimum absolute atomic E-state index is 0.215. The monoisotopic (exact) mass is 480 g/mol. The van der Waals surface area contributed by atoms with Crippen LogP contribution < -0.4 is 4.72 Å². The Morgan fingerprint density at radius 1 is 0.812 bits per heavy atom. The van der Waals surface area contributed by atoms with Gasteiger partial charge in [0.2, 0.25) is 0 Å². The zero-order valence-corrected chi connectivity index (χ0v) is 21.2. The van der Waals surface area contributed by atoms with Gasteiger partial charge in [-0.1, -0.05) is 121 Å². The molecule has 7 heteroatoms. The number of nitrogens with one attached hydrogen (secondary N) is 1. The number of anilines is 1. The highest BCUT2D eigenvalue weighted by Crippen LogP contribution is 2.33. The summed E-state index contributed by atoms with van der Waals surface area (Å²) in [6, 6.07) is 9.78. The van der Waals surface area contributed by atoms with Crippen LogP contribution in [0.3, 0.4) is 0 Å². The van der Waals surface area contributed by atoms with Gasteiger partial charge in [-0.15, -0.1) is 11.3 Å². The Hall–Kier alpha value is -1.44. The lowest BCUT2D eigenvalue weighted by Gasteiger charge is -2.04. The predicted molar refractivity (Wildman–Crippen MR) is 137 cm³/mol. The van der Waals surface area contributed by atoms with Crippen LogP contribution in [0.4, 0.5) is 5.13 Å². The highest BCUT2D eigenvalue weighted by molar-refractivity contribution is 7.87. The SMILES string of the molecule is CCCCCCCCCCCCCCCCc1sc(NS(=O)(=O)O)nc1-c1ccccc1. The van der Waals surface area contributed by atoms with E-state index in [1.165, 1.54) is 94.8 Å². The van der Waals surface area contributed by atoms with Crippen molar-refractivity contribution in [3.8, 4) is 11.3 Å². The lowest BCUT2D eigenvalue weighted by molar-refractivity contribution is 0.489. The molecule has 1 heterocycles. The van der Waals surface area contributed by atoms with Gasteiger partial charge in [-0.2, -0.15) is 8.42 Å². The standard InChI is InChI=1S/C25H40N2O3S2/c1-2-3-4-5-6-7-8-9-10-11-12-13-14-18-21-23-24(22-19-16-15-17-20-22)26-25(31-23)27-32(28,29)30/h15-17,19-20H,2-14,18,21H2,1H3,(H,26,27)(H,28,29,30). The molecule has 0 atom stereocenters. The molecule has 0 bridgehead atoms. The summed E-state index contributed by atoms with van der Waals surface area (Å²) in [5.74, 6) is 0. The number of hydrogen-bond acceptors (Lipinski definition) is 4. The second kappa shape index (κ2) is 15.4. The number of aryl methyl sites for hydroxylation is 1. The number of aromatic nitrogens is 1. The largest absolute Gasteiger partial charge is 0.359 e. The first kappa shape index (κ1) is 26.8. The van der Waals surface area contributed by atoms with Crippen LogP contribution in [-0.4, -0.2) is 18.0 Å². The summed E-state index contributed by atoms with van der Waals surface area (Å²) >= 11 is 1.31. The Balaban J connectivity index is 1.64. The Bertz CT molecular complexity index is 851. The Morgan fingerprint density at radius 2 is 1.31 bits per heavy atom. The number of unbranched alkanes of at least 4 members (excludes halogenated alkanes) is 13. The van der Waals surface area contributed by atoms with Gasteiger partial charge in [-0.05, 0) is 12.8 Å². The van der Waals surface area contributed by atoms with E-state index in [-0.39, 0.29) is 5.13 Å². The average Bonchev–Trinajstić information content (AvgIpc) is 3.15. The molecule has 0 amide bonds. The van der Waals surface area contributed by atoms with E-state index in [1.807, 2.05) is 30.3 Å². The van der Waals surface area contributed by atoms with Crippen LogP contribution in [0.15, 0.2) is 30.3 Å². The van der Waals surface area contributed by atoms with Gasteiger partial charge in [0.15, 0.2) is 5.13 Å². The topological polar surface area (TPSA) is 79.3 Å². The van der Waals surface area contributed by atoms with Gasteiger partial charge in [0.05, 0.1) is 5.69 Å². The summed E-state index contributed by atoms with van der Waals surface area (Å²) in [5.41, 5.74) is 1.77. The molecule has 0 fully saturated rings. The van der Waals surface area contributed by atoms with Crippen molar-refractivity contribution in [3.05, 3.63) is 35.2 Å². The molecule has 0 saturated carbocycles. The molecule has 0 spiro atoms. The smallest absolute Gasteiger partial charge is 0.269 e. The van der Waals surface area contributed by atoms with Gasteiger partial charge in [-0.25, -0.2) is 9.71 Å². The van der Waals surface area contributed by atoms with Crippen molar-refractivity contribution in [2.75, 3.05) is 4.72 Å². The molecular weight excluding hydrogens is 440 g/mol. The third-order valence-electron chi connectivity index (χ3n) is 5.72. The van der Waals surface area contributed by atoms with Crippen molar-refractivity contribution < 1.29 is 13.0 Å². The van der Waals surface area contributed by atoms with Crippen LogP contribution in [0, 0.1) is 0 Å². The first-order valence-corrected chi connectivity index (χ1v) is 14.6. The van der Waals surface area contributed by atoms with Crippen LogP contribution in [0.2, 0.25) is 0 Å². The van der Waals surface area contributed by atoms with Gasteiger partial charge in [0.1, 0.15) is 0 Å². The van der Waals surface area contributed by atoms with Crippen LogP contribution in [0.25, 0.3) is 11.3 Å². The fraction of sp³-hybridized carbons (Fsp3) is 0.640. The summed E-state index contributed by atoms with van der Waals surface area (Å²) in [6.45, 7) is 2.27. The van der Waals surface area contributed by atoms with Crippen molar-refractivity contribution in [1.29, 1.82) is 0 Å². The molecule has 180 valence electrons. The molecule has 2 aromatic rings. The van der Waals surface area contributed by atoms with E-state index in [4.69, 9.17) is 4.55 Å². The lowest BCUT2D eigenvalue weighted by Crippen LogP contribution is -2.09. The van der Waals surface area contributed by atoms with Crippen LogP contribution in [0.5, 0.6) is 0 Å². The second-order valence-corrected chi connectivity index (χ2v) is 10.8. The summed E-state index contributed by atoms with van der Waals surface area (Å²) in [5, 5.41) is 0.215. The fourth-order valence-electron chi connectivity index (χ4n) is 3.98. The molecule has 2 rings (SSSR count). The molecule has 1 aromatic heterocycles. The molecule has 0 unspecified atom stereocenters. The summed E-state index contributed by atoms with van der Waals surface area (Å²) in [6.07, 6.45) is 19.4. The van der Waals surface area contributed by atoms with E-state index in [9.17, 15) is 8.42 Å². The Labute approximate surface area is 199 Å². The van der Waals surface area contributed by atoms with Crippen molar-refractivity contribution in [1.82, 2.24) is 4.98 Å². The molecule has 0 saturated heterocycles. The second-order valence-electron chi connectivity index (χ2n) is 8.58. The maximum atomic E-state index is 11.2. The van der Waals surface area contributed by atoms with Gasteiger partial charge < -0.3 is 0 Å². The molecule has 0 aliphatic rings. The van der Waals surface area contributed by atoms with Crippen LogP contribution in [0.1, 0.15) is 102 Å². The molecule has 0 radical (unpaired) electrons. The highest BCUT2D eigenvalue weighted by Gasteiger charge is 2.15. The van der Waals surface area contributed by atoms with Crippen molar-refractivity contribution in [3.63, 3.8) is 0 Å². The van der Waals surface area contributed by atoms with Crippen LogP contribution >= 0.6 is 11.3 Å². The normalized spacial score (nSPS) is 11.7. The van der Waals surface area contributed by atoms with Gasteiger partial charge in [0, 0.05) is 10.4 Å². The van der Waals surface area contributed by atoms with E-state index in [0.29, 0.717) is 0 Å². The maximum absolute atomic E-state index is 11.2. The van der Waals surface area contributed by atoms with Crippen molar-refractivity contribution >= 4 is 26.8 Å². The zero-order valence-electron chi connectivity index (χ0n) is 19.5. The number of thiazole rings is 1. The third kappa shape index (κ3) is 11.4. The van der Waals surface area contributed by atoms with E-state index in [0.717, 1.165) is 29.0 Å². The molecule has 2 N–H and O–H groups in total. The van der Waals surface area contributed by atoms with E-state index < -0.39 is 10.3 Å². The predicted octanol–water partition coefficient (Wildman–Crippen LogP) is 8.05. The number of hydrogen-bond donors (Lipinski definition) is 2. The summed E-state index contributed by atoms with van der Waals surface area (Å²) in [7, 11) is -4.31. The van der Waals surface area contributed by atoms with E-state index in [1.54, 1.807) is 0 Å². The molecule has 0 aliphatic heterocycles. The number of rotatable bonds is 18. The molecule has 32 heavy (non-hydrogen) atoms. The fourth-order valence-corrected chi connectivity index (χ4v) is 5.60. The molecule has 5 nitrogen and oxygen atoms in total. The van der Waals surface area contributed by atoms with Crippen molar-refractivity contribution in [2.45, 2.75) is 103 Å². The molecule has 0 aliphatic carbocycles. The average molecular weight is 481 g/mol. The highest BCUT2D eigenvalue weighted by atomic mass is 32.2. The maximum Gasteiger partial charge on any atom is 0.359 e. The Morgan fingerprint density at radius 3 is 1.81 bits per heavy atom. The zero-order chi connectivity index (χ0) is 23.1. The first-order chi connectivity index (χ1) is 15.5. The first-order valence-electron chi connectivity index (χ1n) is 12.3. The van der Waals surface area contributed by atoms with Gasteiger partial charge in [-0.3, -0.25) is 4.55 Å². The third-order valence-corrected chi connectivity index (χ3v) is 7.33. The van der Waals surface area contributed by atoms with Gasteiger partial charge >= 0.3 is 10.3 Å². The number of benzene rings is 1. The van der Waals surface area contributed by atoms with Gasteiger partial charge in [0.25, 0.3) is 0 Å². The quantitative estimate of drug-likeness (QED) is 0.167. The summed E-state index contributed by atoms with van der Waals surface area (Å²) in [4.78, 5) is 5.48. The minimum Gasteiger partial charge on any atom is -0.269 e. The minimum atomic E-state index is -4.31. The molecule has 1 aromatic carbocycles. The van der Waals surface area contributed by atoms with E-state index >= 15 is 0 Å². The van der Waals surface area contributed by atoms with Crippen LogP contribution in [-0.2, 0) is 16.7 Å². The Kier molecular flexibility index (Phi) is 12.9. The number of nitrogens with zero attached hydrogens (tertiary/aromatic N) is 1. The van der Waals surface area contributed by atoms with E-state index in [2.05, 4.69) is 16.6 Å². The lowest BCUT2D eigenvalue weighted by atomic mass is 10.0. The molecular formula is C25H40N2O3S2. The van der Waals surface area contributed by atoms with Crippen molar-refractivity contribution in [2.24, 2.45) is 0 Å². The summed E-state index contributed by atoms with van der Waals surface area (Å²) < 4.78 is 33.5.